The van der Waals surface area contributed by atoms with Gasteiger partial charge in [0.05, 0.1) is 52.4 Å². The van der Waals surface area contributed by atoms with Crippen molar-refractivity contribution in [3.05, 3.63) is 181 Å². The van der Waals surface area contributed by atoms with Crippen LogP contribution in [0.15, 0.2) is 159 Å². The highest BCUT2D eigenvalue weighted by atomic mass is 19.1. The van der Waals surface area contributed by atoms with Gasteiger partial charge >= 0.3 is 0 Å². The fraction of sp³-hybridized carbons (Fsp3) is 0.194. The van der Waals surface area contributed by atoms with Crippen LogP contribution in [0.3, 0.4) is 0 Å². The van der Waals surface area contributed by atoms with Gasteiger partial charge in [-0.05, 0) is 167 Å². The first-order chi connectivity index (χ1) is 37.9. The number of anilines is 1. The molecule has 16 heteroatoms. The fourth-order valence-corrected chi connectivity index (χ4v) is 9.41. The number of aromatic nitrogens is 10. The number of nitrogens with zero attached hydrogens (tertiary/aromatic N) is 8. The molecule has 0 bridgehead atoms. The van der Waals surface area contributed by atoms with Crippen LogP contribution >= 0.6 is 0 Å². The van der Waals surface area contributed by atoms with Gasteiger partial charge in [-0.25, -0.2) is 8.78 Å². The van der Waals surface area contributed by atoms with Gasteiger partial charge in [0, 0.05) is 69.4 Å². The Balaban J connectivity index is 0.000000184. The SMILES string of the molecule is C=C/C(N)=C\C(=C/C)c1cc2c(-c3cc4c(-c5cc(F)cc(CCCN(C)C)c5)cccc4[nH]3)n[nH]c2cn1.CC.CN(C)CCNc1cc(F)cc(-c2cccc3[nH]c(-c4n[nH]c5cnc(-c6cnccn6)cc45)cc23)c1. The molecule has 14 nitrogen and oxygen atoms in total. The smallest absolute Gasteiger partial charge is 0.125 e. The number of pyridine rings is 2. The van der Waals surface area contributed by atoms with Crippen LogP contribution in [0.2, 0.25) is 0 Å². The largest absolute Gasteiger partial charge is 0.399 e. The molecule has 7 N–H and O–H groups in total. The molecule has 11 aromatic rings. The van der Waals surface area contributed by atoms with Gasteiger partial charge in [0.1, 0.15) is 28.7 Å². The minimum atomic E-state index is -0.278. The molecule has 0 unspecified atom stereocenters. The summed E-state index contributed by atoms with van der Waals surface area (Å²) >= 11 is 0. The number of hydrogen-bond acceptors (Lipinski definition) is 10. The molecule has 11 rings (SSSR count). The summed E-state index contributed by atoms with van der Waals surface area (Å²) in [7, 11) is 8.13. The van der Waals surface area contributed by atoms with Gasteiger partial charge in [-0.1, -0.05) is 56.8 Å². The van der Waals surface area contributed by atoms with E-state index in [0.29, 0.717) is 17.1 Å². The van der Waals surface area contributed by atoms with Gasteiger partial charge in [0.25, 0.3) is 0 Å². The van der Waals surface area contributed by atoms with E-state index in [1.807, 2.05) is 102 Å². The monoisotopic (exact) mass is 1040 g/mol. The molecular weight excluding hydrogens is 979 g/mol. The number of likely N-dealkylation sites (N-methyl/N-ethyl adjacent to an activating group) is 1. The van der Waals surface area contributed by atoms with E-state index in [1.165, 1.54) is 6.07 Å². The Morgan fingerprint density at radius 1 is 0.654 bits per heavy atom. The Kier molecular flexibility index (Phi) is 16.7. The van der Waals surface area contributed by atoms with Crippen LogP contribution < -0.4 is 11.1 Å². The van der Waals surface area contributed by atoms with E-state index in [0.717, 1.165) is 144 Å². The van der Waals surface area contributed by atoms with E-state index in [9.17, 15) is 8.78 Å². The van der Waals surface area contributed by atoms with Crippen molar-refractivity contribution in [3.63, 3.8) is 0 Å². The minimum Gasteiger partial charge on any atom is -0.399 e. The van der Waals surface area contributed by atoms with E-state index in [4.69, 9.17) is 5.73 Å². The molecule has 0 saturated heterocycles. The summed E-state index contributed by atoms with van der Waals surface area (Å²) in [5, 5.41) is 22.5. The number of allylic oxidation sites excluding steroid dienone is 4. The maximum atomic E-state index is 14.7. The van der Waals surface area contributed by atoms with Crippen molar-refractivity contribution in [3.8, 4) is 56.4 Å². The topological polar surface area (TPSA) is 185 Å². The number of H-pyrrole nitrogens is 4. The summed E-state index contributed by atoms with van der Waals surface area (Å²) in [6.45, 7) is 12.2. The molecule has 0 radical (unpaired) electrons. The third-order valence-corrected chi connectivity index (χ3v) is 13.2. The first-order valence-corrected chi connectivity index (χ1v) is 26.0. The van der Waals surface area contributed by atoms with E-state index in [2.05, 4.69) is 104 Å². The highest BCUT2D eigenvalue weighted by molar-refractivity contribution is 6.03. The molecule has 0 aliphatic rings. The van der Waals surface area contributed by atoms with Crippen molar-refractivity contribution in [2.45, 2.75) is 33.6 Å². The molecule has 78 heavy (non-hydrogen) atoms. The zero-order valence-electron chi connectivity index (χ0n) is 45.0. The van der Waals surface area contributed by atoms with Crippen molar-refractivity contribution in [2.24, 2.45) is 5.73 Å². The van der Waals surface area contributed by atoms with Crippen LogP contribution in [0.5, 0.6) is 0 Å². The molecular formula is C62H64F2N14. The van der Waals surface area contributed by atoms with Crippen LogP contribution in [0.1, 0.15) is 38.4 Å². The minimum absolute atomic E-state index is 0.218. The fourth-order valence-electron chi connectivity index (χ4n) is 9.41. The molecule has 7 aromatic heterocycles. The van der Waals surface area contributed by atoms with Gasteiger partial charge in [0.2, 0.25) is 0 Å². The molecule has 0 spiro atoms. The second-order valence-electron chi connectivity index (χ2n) is 19.2. The van der Waals surface area contributed by atoms with Gasteiger partial charge in [-0.15, -0.1) is 0 Å². The summed E-state index contributed by atoms with van der Waals surface area (Å²) in [5.74, 6) is -0.496. The molecule has 4 aromatic carbocycles. The number of aryl methyl sites for hydroxylation is 1. The third-order valence-electron chi connectivity index (χ3n) is 13.2. The Morgan fingerprint density at radius 3 is 1.87 bits per heavy atom. The number of fused-ring (bicyclic) bond motifs is 4. The lowest BCUT2D eigenvalue weighted by Crippen LogP contribution is -2.20. The number of rotatable bonds is 16. The first-order valence-electron chi connectivity index (χ1n) is 26.0. The van der Waals surface area contributed by atoms with E-state index in [-0.39, 0.29) is 11.6 Å². The van der Waals surface area contributed by atoms with Gasteiger partial charge in [-0.2, -0.15) is 10.2 Å². The highest BCUT2D eigenvalue weighted by Gasteiger charge is 2.18. The summed E-state index contributed by atoms with van der Waals surface area (Å²) in [6.07, 6.45) is 15.7. The zero-order chi connectivity index (χ0) is 54.9. The predicted molar refractivity (Wildman–Crippen MR) is 316 cm³/mol. The predicted octanol–water partition coefficient (Wildman–Crippen LogP) is 13.2. The Labute approximate surface area is 452 Å². The molecule has 0 aliphatic heterocycles. The summed E-state index contributed by atoms with van der Waals surface area (Å²) in [5.41, 5.74) is 21.8. The number of nitrogens with two attached hydrogens (primary N) is 1. The maximum Gasteiger partial charge on any atom is 0.125 e. The number of hydrogen-bond donors (Lipinski definition) is 6. The Hall–Kier alpha value is -9.12. The number of halogens is 2. The van der Waals surface area contributed by atoms with Crippen molar-refractivity contribution in [1.29, 1.82) is 0 Å². The quantitative estimate of drug-likeness (QED) is 0.0509. The van der Waals surface area contributed by atoms with E-state index >= 15 is 0 Å². The molecule has 0 amide bonds. The lowest BCUT2D eigenvalue weighted by atomic mass is 9.98. The number of aromatic amines is 4. The van der Waals surface area contributed by atoms with Gasteiger partial charge in [0.15, 0.2) is 0 Å². The molecule has 0 fully saturated rings. The zero-order valence-corrected chi connectivity index (χ0v) is 45.0. The Bertz CT molecular complexity index is 3940. The van der Waals surface area contributed by atoms with E-state index in [1.54, 1.807) is 55.3 Å². The molecule has 0 atom stereocenters. The van der Waals surface area contributed by atoms with Crippen LogP contribution in [0.4, 0.5) is 14.5 Å². The second kappa shape index (κ2) is 24.3. The number of benzene rings is 4. The van der Waals surface area contributed by atoms with Gasteiger partial charge in [-0.3, -0.25) is 30.1 Å². The standard InChI is InChI=1S/C32H33FN6.C28H25FN8.C2H6/c1-5-21(16-24(34)6-2)29-18-27-31(19-35-29)37-38-32(27)30-17-26-25(10-7-11-28(26)36-30)22-13-20(14-23(33)15-22)9-8-12-39(3)4;1-37(2)9-8-31-19-11-17(10-18(29)12-19)20-4-3-5-23-21(20)13-25(34-23)28-22-14-24(27-15-30-6-7-32-27)33-16-26(22)35-36-28;1-2/h5-7,10-11,13-19,36H,2,8-9,12,34H2,1,3-4H3,(H,37,38);3-7,10-16,31,34H,8-9H2,1-2H3,(H,35,36);1-2H3/b21-5+,24-16+;;. The maximum absolute atomic E-state index is 14.7. The first kappa shape index (κ1) is 53.7. The average molecular weight is 1040 g/mol. The Morgan fingerprint density at radius 2 is 1.27 bits per heavy atom. The van der Waals surface area contributed by atoms with Crippen LogP contribution in [-0.2, 0) is 6.42 Å². The molecule has 0 aliphatic carbocycles. The van der Waals surface area contributed by atoms with Crippen molar-refractivity contribution in [1.82, 2.24) is 60.1 Å². The van der Waals surface area contributed by atoms with Crippen LogP contribution in [0, 0.1) is 11.6 Å². The molecule has 0 saturated carbocycles. The third kappa shape index (κ3) is 12.1. The average Bonchev–Trinajstić information content (AvgIpc) is 4.43. The van der Waals surface area contributed by atoms with Crippen molar-refractivity contribution in [2.75, 3.05) is 53.1 Å². The second-order valence-corrected chi connectivity index (χ2v) is 19.2. The number of nitrogens with one attached hydrogen (secondary N) is 5. The van der Waals surface area contributed by atoms with Crippen molar-refractivity contribution >= 4 is 54.9 Å². The lowest BCUT2D eigenvalue weighted by Gasteiger charge is -2.13. The lowest BCUT2D eigenvalue weighted by molar-refractivity contribution is 0.400. The van der Waals surface area contributed by atoms with E-state index < -0.39 is 0 Å². The van der Waals surface area contributed by atoms with Crippen molar-refractivity contribution < 1.29 is 8.78 Å². The summed E-state index contributed by atoms with van der Waals surface area (Å²) in [4.78, 5) is 28.8. The highest BCUT2D eigenvalue weighted by Crippen LogP contribution is 2.38. The molecule has 7 heterocycles. The normalized spacial score (nSPS) is 11.9. The summed E-state index contributed by atoms with van der Waals surface area (Å²) in [6, 6.07) is 30.6. The van der Waals surface area contributed by atoms with Gasteiger partial charge < -0.3 is 30.8 Å². The van der Waals surface area contributed by atoms with Crippen LogP contribution in [-0.4, -0.2) is 108 Å². The van der Waals surface area contributed by atoms with Crippen LogP contribution in [0.25, 0.3) is 106 Å². The molecule has 396 valence electrons. The summed E-state index contributed by atoms with van der Waals surface area (Å²) < 4.78 is 29.3.